The average Bonchev–Trinajstić information content (AvgIpc) is 2.68. The molecule has 0 spiro atoms. The smallest absolute Gasteiger partial charge is 0.162 e. The lowest BCUT2D eigenvalue weighted by Gasteiger charge is -1.90. The molecular weight excluding hydrogens is 180 g/mol. The van der Waals surface area contributed by atoms with Crippen LogP contribution in [0.25, 0.3) is 11.3 Å². The minimum absolute atomic E-state index is 0.438. The van der Waals surface area contributed by atoms with Crippen LogP contribution >= 0.6 is 0 Å². The SMILES string of the molecule is COCc1cc(-c2cccnc2)no1. The Hall–Kier alpha value is -1.68. The largest absolute Gasteiger partial charge is 0.377 e. The second-order valence-corrected chi connectivity index (χ2v) is 2.85. The molecule has 4 nitrogen and oxygen atoms in total. The number of ether oxygens (including phenoxy) is 1. The summed E-state index contributed by atoms with van der Waals surface area (Å²) in [4.78, 5) is 4.00. The van der Waals surface area contributed by atoms with Crippen LogP contribution in [0.1, 0.15) is 5.76 Å². The number of aromatic nitrogens is 2. The van der Waals surface area contributed by atoms with Crippen molar-refractivity contribution in [1.29, 1.82) is 0 Å². The summed E-state index contributed by atoms with van der Waals surface area (Å²) in [5, 5.41) is 3.91. The minimum Gasteiger partial charge on any atom is -0.377 e. The predicted octanol–water partition coefficient (Wildman–Crippen LogP) is 1.88. The highest BCUT2D eigenvalue weighted by molar-refractivity contribution is 5.56. The van der Waals surface area contributed by atoms with Crippen molar-refractivity contribution < 1.29 is 9.26 Å². The van der Waals surface area contributed by atoms with Gasteiger partial charge in [0.25, 0.3) is 0 Å². The van der Waals surface area contributed by atoms with Gasteiger partial charge < -0.3 is 9.26 Å². The van der Waals surface area contributed by atoms with E-state index in [0.29, 0.717) is 12.4 Å². The predicted molar refractivity (Wildman–Crippen MR) is 50.4 cm³/mol. The molecule has 72 valence electrons. The zero-order valence-electron chi connectivity index (χ0n) is 7.80. The third-order valence-corrected chi connectivity index (χ3v) is 1.80. The molecule has 0 N–H and O–H groups in total. The molecule has 14 heavy (non-hydrogen) atoms. The zero-order chi connectivity index (χ0) is 9.80. The fraction of sp³-hybridized carbons (Fsp3) is 0.200. The van der Waals surface area contributed by atoms with Crippen LogP contribution < -0.4 is 0 Å². The standard InChI is InChI=1S/C10H10N2O2/c1-13-7-9-5-10(12-14-9)8-3-2-4-11-6-8/h2-6H,7H2,1H3. The summed E-state index contributed by atoms with van der Waals surface area (Å²) in [6.07, 6.45) is 3.47. The van der Waals surface area contributed by atoms with E-state index in [0.717, 1.165) is 11.3 Å². The Kier molecular flexibility index (Phi) is 2.55. The molecule has 0 fully saturated rings. The van der Waals surface area contributed by atoms with Crippen molar-refractivity contribution in [1.82, 2.24) is 10.1 Å². The van der Waals surface area contributed by atoms with Gasteiger partial charge in [0.05, 0.1) is 0 Å². The van der Waals surface area contributed by atoms with Gasteiger partial charge in [0, 0.05) is 31.1 Å². The van der Waals surface area contributed by atoms with Gasteiger partial charge in [0.15, 0.2) is 5.76 Å². The lowest BCUT2D eigenvalue weighted by molar-refractivity contribution is 0.156. The molecule has 0 saturated carbocycles. The Balaban J connectivity index is 2.25. The van der Waals surface area contributed by atoms with Gasteiger partial charge in [-0.25, -0.2) is 0 Å². The molecular formula is C10H10N2O2. The van der Waals surface area contributed by atoms with Gasteiger partial charge in [-0.2, -0.15) is 0 Å². The number of hydrogen-bond acceptors (Lipinski definition) is 4. The van der Waals surface area contributed by atoms with E-state index in [-0.39, 0.29) is 0 Å². The highest BCUT2D eigenvalue weighted by Crippen LogP contribution is 2.17. The fourth-order valence-corrected chi connectivity index (χ4v) is 1.17. The van der Waals surface area contributed by atoms with Crippen molar-refractivity contribution in [2.75, 3.05) is 7.11 Å². The lowest BCUT2D eigenvalue weighted by Crippen LogP contribution is -1.82. The first-order valence-electron chi connectivity index (χ1n) is 4.25. The molecule has 2 aromatic heterocycles. The molecule has 0 unspecified atom stereocenters. The molecule has 0 aliphatic heterocycles. The molecule has 0 saturated heterocycles. The molecule has 0 aromatic carbocycles. The first-order valence-corrected chi connectivity index (χ1v) is 4.25. The Morgan fingerprint density at radius 3 is 3.14 bits per heavy atom. The molecule has 2 heterocycles. The first-order chi connectivity index (χ1) is 6.90. The highest BCUT2D eigenvalue weighted by atomic mass is 16.5. The van der Waals surface area contributed by atoms with Crippen LogP contribution in [0.15, 0.2) is 35.1 Å². The molecule has 0 amide bonds. The number of methoxy groups -OCH3 is 1. The van der Waals surface area contributed by atoms with Gasteiger partial charge in [-0.1, -0.05) is 5.16 Å². The maximum atomic E-state index is 5.06. The lowest BCUT2D eigenvalue weighted by atomic mass is 10.2. The maximum absolute atomic E-state index is 5.06. The van der Waals surface area contributed by atoms with Gasteiger partial charge in [0.1, 0.15) is 12.3 Å². The van der Waals surface area contributed by atoms with Crippen LogP contribution in [0.4, 0.5) is 0 Å². The average molecular weight is 190 g/mol. The van der Waals surface area contributed by atoms with Crippen LogP contribution in [0.2, 0.25) is 0 Å². The summed E-state index contributed by atoms with van der Waals surface area (Å²) in [5.41, 5.74) is 1.73. The van der Waals surface area contributed by atoms with Crippen molar-refractivity contribution >= 4 is 0 Å². The van der Waals surface area contributed by atoms with Crippen molar-refractivity contribution in [2.45, 2.75) is 6.61 Å². The molecule has 2 aromatic rings. The minimum atomic E-state index is 0.438. The quantitative estimate of drug-likeness (QED) is 0.741. The Morgan fingerprint density at radius 1 is 1.50 bits per heavy atom. The zero-order valence-corrected chi connectivity index (χ0v) is 7.80. The van der Waals surface area contributed by atoms with E-state index in [1.807, 2.05) is 18.2 Å². The summed E-state index contributed by atoms with van der Waals surface area (Å²) in [6, 6.07) is 5.64. The van der Waals surface area contributed by atoms with E-state index in [1.54, 1.807) is 19.5 Å². The molecule has 4 heteroatoms. The summed E-state index contributed by atoms with van der Waals surface area (Å²) in [5.74, 6) is 0.714. The third kappa shape index (κ3) is 1.80. The summed E-state index contributed by atoms with van der Waals surface area (Å²) in [7, 11) is 1.62. The van der Waals surface area contributed by atoms with Gasteiger partial charge >= 0.3 is 0 Å². The molecule has 0 bridgehead atoms. The van der Waals surface area contributed by atoms with E-state index in [4.69, 9.17) is 9.26 Å². The van der Waals surface area contributed by atoms with Crippen molar-refractivity contribution in [3.05, 3.63) is 36.4 Å². The van der Waals surface area contributed by atoms with Crippen LogP contribution in [0.3, 0.4) is 0 Å². The Bertz CT molecular complexity index is 398. The second-order valence-electron chi connectivity index (χ2n) is 2.85. The fourth-order valence-electron chi connectivity index (χ4n) is 1.17. The van der Waals surface area contributed by atoms with E-state index in [9.17, 15) is 0 Å². The normalized spacial score (nSPS) is 10.4. The van der Waals surface area contributed by atoms with E-state index in [1.165, 1.54) is 0 Å². The van der Waals surface area contributed by atoms with Gasteiger partial charge in [-0.05, 0) is 12.1 Å². The monoisotopic (exact) mass is 190 g/mol. The highest BCUT2D eigenvalue weighted by Gasteiger charge is 2.05. The van der Waals surface area contributed by atoms with Crippen LogP contribution in [-0.2, 0) is 11.3 Å². The number of pyridine rings is 1. The van der Waals surface area contributed by atoms with Gasteiger partial charge in [-0.15, -0.1) is 0 Å². The summed E-state index contributed by atoms with van der Waals surface area (Å²) < 4.78 is 9.98. The van der Waals surface area contributed by atoms with Crippen molar-refractivity contribution in [3.63, 3.8) is 0 Å². The molecule has 2 rings (SSSR count). The summed E-state index contributed by atoms with van der Waals surface area (Å²) >= 11 is 0. The molecule has 0 aliphatic rings. The van der Waals surface area contributed by atoms with Crippen molar-refractivity contribution in [3.8, 4) is 11.3 Å². The Morgan fingerprint density at radius 2 is 2.43 bits per heavy atom. The van der Waals surface area contributed by atoms with E-state index in [2.05, 4.69) is 10.1 Å². The van der Waals surface area contributed by atoms with Crippen LogP contribution in [0.5, 0.6) is 0 Å². The number of nitrogens with zero attached hydrogens (tertiary/aromatic N) is 2. The number of rotatable bonds is 3. The van der Waals surface area contributed by atoms with Crippen molar-refractivity contribution in [2.24, 2.45) is 0 Å². The van der Waals surface area contributed by atoms with E-state index >= 15 is 0 Å². The first kappa shape index (κ1) is 8.90. The number of hydrogen-bond donors (Lipinski definition) is 0. The van der Waals surface area contributed by atoms with E-state index < -0.39 is 0 Å². The summed E-state index contributed by atoms with van der Waals surface area (Å²) in [6.45, 7) is 0.438. The Labute approximate surface area is 81.5 Å². The van der Waals surface area contributed by atoms with Gasteiger partial charge in [-0.3, -0.25) is 4.98 Å². The van der Waals surface area contributed by atoms with Gasteiger partial charge in [0.2, 0.25) is 0 Å². The maximum Gasteiger partial charge on any atom is 0.162 e. The second kappa shape index (κ2) is 4.02. The van der Waals surface area contributed by atoms with Crippen LogP contribution in [-0.4, -0.2) is 17.3 Å². The third-order valence-electron chi connectivity index (χ3n) is 1.80. The van der Waals surface area contributed by atoms with Crippen LogP contribution in [0, 0.1) is 0 Å². The molecule has 0 radical (unpaired) electrons. The molecule has 0 atom stereocenters. The topological polar surface area (TPSA) is 48.2 Å². The molecule has 0 aliphatic carbocycles.